The van der Waals surface area contributed by atoms with Gasteiger partial charge >= 0.3 is 0 Å². The van der Waals surface area contributed by atoms with Crippen molar-refractivity contribution in [1.29, 1.82) is 0 Å². The Morgan fingerprint density at radius 2 is 1.86 bits per heavy atom. The molecule has 0 aromatic carbocycles. The van der Waals surface area contributed by atoms with Crippen molar-refractivity contribution in [3.8, 4) is 0 Å². The molecule has 0 rings (SSSR count). The van der Waals surface area contributed by atoms with Gasteiger partial charge in [0, 0.05) is 12.1 Å². The molecule has 84 valence electrons. The van der Waals surface area contributed by atoms with Crippen LogP contribution in [0.1, 0.15) is 54.4 Å². The predicted octanol–water partition coefficient (Wildman–Crippen LogP) is 3.76. The van der Waals surface area contributed by atoms with E-state index in [1.807, 2.05) is 0 Å². The van der Waals surface area contributed by atoms with Crippen LogP contribution in [0.15, 0.2) is 11.6 Å². The number of allylic oxidation sites excluding steroid dienone is 1. The van der Waals surface area contributed by atoms with Crippen molar-refractivity contribution >= 4 is 0 Å². The second-order valence-corrected chi connectivity index (χ2v) is 5.17. The van der Waals surface area contributed by atoms with Gasteiger partial charge in [0.2, 0.25) is 0 Å². The molecule has 1 N–H and O–H groups in total. The molecular weight excluding hydrogens is 170 g/mol. The second kappa shape index (κ2) is 6.23. The summed E-state index contributed by atoms with van der Waals surface area (Å²) in [5.41, 5.74) is 1.76. The predicted molar refractivity (Wildman–Crippen MR) is 65.6 cm³/mol. The van der Waals surface area contributed by atoms with E-state index in [0.29, 0.717) is 5.92 Å². The Hall–Kier alpha value is -0.300. The van der Waals surface area contributed by atoms with Crippen LogP contribution >= 0.6 is 0 Å². The highest BCUT2D eigenvalue weighted by Gasteiger charge is 2.09. The zero-order chi connectivity index (χ0) is 11.2. The molecule has 0 aromatic heterocycles. The summed E-state index contributed by atoms with van der Waals surface area (Å²) < 4.78 is 0. The summed E-state index contributed by atoms with van der Waals surface area (Å²) in [5, 5.41) is 3.53. The largest absolute Gasteiger partial charge is 0.308 e. The van der Waals surface area contributed by atoms with Crippen LogP contribution in [0.4, 0.5) is 0 Å². The average molecular weight is 197 g/mol. The van der Waals surface area contributed by atoms with Gasteiger partial charge in [0.25, 0.3) is 0 Å². The molecule has 1 atom stereocenters. The molecule has 0 saturated carbocycles. The molecule has 0 radical (unpaired) electrons. The second-order valence-electron chi connectivity index (χ2n) is 5.17. The lowest BCUT2D eigenvalue weighted by Gasteiger charge is -2.22. The zero-order valence-corrected chi connectivity index (χ0v) is 10.8. The fourth-order valence-electron chi connectivity index (χ4n) is 1.20. The van der Waals surface area contributed by atoms with Crippen molar-refractivity contribution in [2.75, 3.05) is 6.54 Å². The maximum atomic E-state index is 3.53. The Morgan fingerprint density at radius 3 is 2.21 bits per heavy atom. The average Bonchev–Trinajstić information content (AvgIpc) is 2.10. The van der Waals surface area contributed by atoms with Crippen molar-refractivity contribution in [3.63, 3.8) is 0 Å². The van der Waals surface area contributed by atoms with Gasteiger partial charge in [-0.1, -0.05) is 38.8 Å². The molecular formula is C13H27N. The minimum Gasteiger partial charge on any atom is -0.308 e. The van der Waals surface area contributed by atoms with Crippen LogP contribution in [0.25, 0.3) is 0 Å². The lowest BCUT2D eigenvalue weighted by atomic mass is 10.0. The van der Waals surface area contributed by atoms with Gasteiger partial charge in [-0.25, -0.2) is 0 Å². The third kappa shape index (κ3) is 7.14. The quantitative estimate of drug-likeness (QED) is 0.662. The molecule has 0 heterocycles. The highest BCUT2D eigenvalue weighted by molar-refractivity contribution is 5.06. The molecule has 0 spiro atoms. The van der Waals surface area contributed by atoms with Gasteiger partial charge in [0.1, 0.15) is 0 Å². The first-order valence-electron chi connectivity index (χ1n) is 5.83. The first kappa shape index (κ1) is 13.7. The molecule has 0 saturated heterocycles. The van der Waals surface area contributed by atoms with E-state index in [1.165, 1.54) is 12.0 Å². The van der Waals surface area contributed by atoms with Gasteiger partial charge in [0.15, 0.2) is 0 Å². The summed E-state index contributed by atoms with van der Waals surface area (Å²) in [7, 11) is 0. The summed E-state index contributed by atoms with van der Waals surface area (Å²) >= 11 is 0. The minimum absolute atomic E-state index is 0.226. The molecule has 0 aromatic rings. The van der Waals surface area contributed by atoms with Crippen LogP contribution in [-0.2, 0) is 0 Å². The highest BCUT2D eigenvalue weighted by atomic mass is 14.9. The lowest BCUT2D eigenvalue weighted by molar-refractivity contribution is 0.441. The van der Waals surface area contributed by atoms with Gasteiger partial charge < -0.3 is 5.32 Å². The third-order valence-electron chi connectivity index (χ3n) is 2.46. The van der Waals surface area contributed by atoms with E-state index in [9.17, 15) is 0 Å². The van der Waals surface area contributed by atoms with E-state index < -0.39 is 0 Å². The number of hydrogen-bond acceptors (Lipinski definition) is 1. The maximum Gasteiger partial charge on any atom is 0.0169 e. The van der Waals surface area contributed by atoms with Gasteiger partial charge in [-0.3, -0.25) is 0 Å². The fraction of sp³-hybridized carbons (Fsp3) is 0.846. The molecule has 0 bridgehead atoms. The molecule has 0 amide bonds. The van der Waals surface area contributed by atoms with Crippen molar-refractivity contribution in [2.24, 2.45) is 5.92 Å². The molecule has 1 nitrogen and oxygen atoms in total. The van der Waals surface area contributed by atoms with E-state index >= 15 is 0 Å². The normalized spacial score (nSPS) is 15.7. The van der Waals surface area contributed by atoms with E-state index in [-0.39, 0.29) is 5.54 Å². The van der Waals surface area contributed by atoms with Gasteiger partial charge in [-0.15, -0.1) is 0 Å². The van der Waals surface area contributed by atoms with E-state index in [1.54, 1.807) is 0 Å². The summed E-state index contributed by atoms with van der Waals surface area (Å²) in [6.07, 6.45) is 4.81. The van der Waals surface area contributed by atoms with E-state index in [0.717, 1.165) is 13.0 Å². The van der Waals surface area contributed by atoms with Crippen LogP contribution in [-0.4, -0.2) is 12.1 Å². The minimum atomic E-state index is 0.226. The Bertz CT molecular complexity index is 174. The first-order chi connectivity index (χ1) is 6.39. The Balaban J connectivity index is 4.09. The summed E-state index contributed by atoms with van der Waals surface area (Å²) in [6.45, 7) is 14.4. The van der Waals surface area contributed by atoms with Crippen LogP contribution in [0.5, 0.6) is 0 Å². The fourth-order valence-corrected chi connectivity index (χ4v) is 1.20. The molecule has 0 aliphatic carbocycles. The molecule has 0 fully saturated rings. The van der Waals surface area contributed by atoms with Crippen molar-refractivity contribution in [3.05, 3.63) is 11.6 Å². The SMILES string of the molecule is CC/C(=C/C(C)CC)CNC(C)(C)C. The van der Waals surface area contributed by atoms with Gasteiger partial charge in [-0.2, -0.15) is 0 Å². The summed E-state index contributed by atoms with van der Waals surface area (Å²) in [6, 6.07) is 0. The van der Waals surface area contributed by atoms with Crippen molar-refractivity contribution < 1.29 is 0 Å². The van der Waals surface area contributed by atoms with Gasteiger partial charge in [0.05, 0.1) is 0 Å². The molecule has 1 heteroatoms. The molecule has 0 aliphatic heterocycles. The van der Waals surface area contributed by atoms with Crippen LogP contribution in [0, 0.1) is 5.92 Å². The lowest BCUT2D eigenvalue weighted by Crippen LogP contribution is -2.37. The topological polar surface area (TPSA) is 12.0 Å². The Morgan fingerprint density at radius 1 is 1.29 bits per heavy atom. The van der Waals surface area contributed by atoms with Gasteiger partial charge in [-0.05, 0) is 33.1 Å². The third-order valence-corrected chi connectivity index (χ3v) is 2.46. The van der Waals surface area contributed by atoms with Crippen LogP contribution in [0.2, 0.25) is 0 Å². The number of hydrogen-bond donors (Lipinski definition) is 1. The maximum absolute atomic E-state index is 3.53. The van der Waals surface area contributed by atoms with Crippen LogP contribution < -0.4 is 5.32 Å². The molecule has 14 heavy (non-hydrogen) atoms. The Kier molecular flexibility index (Phi) is 6.10. The summed E-state index contributed by atoms with van der Waals surface area (Å²) in [5.74, 6) is 0.715. The first-order valence-corrected chi connectivity index (χ1v) is 5.83. The van der Waals surface area contributed by atoms with E-state index in [4.69, 9.17) is 0 Å². The van der Waals surface area contributed by atoms with Crippen molar-refractivity contribution in [2.45, 2.75) is 59.9 Å². The highest BCUT2D eigenvalue weighted by Crippen LogP contribution is 2.10. The zero-order valence-electron chi connectivity index (χ0n) is 10.8. The van der Waals surface area contributed by atoms with Crippen molar-refractivity contribution in [1.82, 2.24) is 5.32 Å². The number of nitrogens with one attached hydrogen (secondary N) is 1. The monoisotopic (exact) mass is 197 g/mol. The van der Waals surface area contributed by atoms with Crippen LogP contribution in [0.3, 0.4) is 0 Å². The standard InChI is InChI=1S/C13H27N/c1-7-11(3)9-12(8-2)10-14-13(4,5)6/h9,11,14H,7-8,10H2,1-6H3/b12-9-. The smallest absolute Gasteiger partial charge is 0.0169 e. The number of rotatable bonds is 5. The molecule has 1 unspecified atom stereocenters. The Labute approximate surface area is 90.0 Å². The van der Waals surface area contributed by atoms with E-state index in [2.05, 4.69) is 52.9 Å². The molecule has 0 aliphatic rings. The summed E-state index contributed by atoms with van der Waals surface area (Å²) in [4.78, 5) is 0.